The third kappa shape index (κ3) is 3.30. The Morgan fingerprint density at radius 3 is 1.84 bits per heavy atom. The third-order valence-electron chi connectivity index (χ3n) is 4.30. The highest BCUT2D eigenvalue weighted by Crippen LogP contribution is 2.42. The molecule has 0 saturated carbocycles. The number of alkyl halides is 3. The average Bonchev–Trinajstić information content (AvgIpc) is 2.19. The van der Waals surface area contributed by atoms with Gasteiger partial charge < -0.3 is 5.32 Å². The molecule has 0 aliphatic carbocycles. The summed E-state index contributed by atoms with van der Waals surface area (Å²) in [5.74, 6) is -2.30. The van der Waals surface area contributed by atoms with Gasteiger partial charge in [0.15, 0.2) is 5.78 Å². The minimum absolute atomic E-state index is 0.0145. The van der Waals surface area contributed by atoms with Gasteiger partial charge in [-0.25, -0.2) is 0 Å². The van der Waals surface area contributed by atoms with Gasteiger partial charge in [0.2, 0.25) is 0 Å². The number of hydrogen-bond acceptors (Lipinski definition) is 2. The summed E-state index contributed by atoms with van der Waals surface area (Å²) in [6, 6.07) is -1.23. The van der Waals surface area contributed by atoms with Crippen LogP contribution in [0.3, 0.4) is 0 Å². The summed E-state index contributed by atoms with van der Waals surface area (Å²) in [4.78, 5) is 12.3. The maximum Gasteiger partial charge on any atom is 0.393 e. The van der Waals surface area contributed by atoms with Crippen LogP contribution in [-0.4, -0.2) is 24.0 Å². The van der Waals surface area contributed by atoms with Crippen molar-refractivity contribution < 1.29 is 18.0 Å². The van der Waals surface area contributed by atoms with E-state index < -0.39 is 35.5 Å². The zero-order valence-corrected chi connectivity index (χ0v) is 12.4. The summed E-state index contributed by atoms with van der Waals surface area (Å²) in [5, 5.41) is 2.89. The average molecular weight is 279 g/mol. The van der Waals surface area contributed by atoms with E-state index >= 15 is 0 Å². The number of ketones is 1. The molecular weight excluding hydrogens is 255 g/mol. The molecule has 0 aromatic rings. The van der Waals surface area contributed by atoms with Crippen LogP contribution in [0.15, 0.2) is 0 Å². The van der Waals surface area contributed by atoms with Crippen molar-refractivity contribution in [2.75, 3.05) is 0 Å². The molecule has 112 valence electrons. The summed E-state index contributed by atoms with van der Waals surface area (Å²) >= 11 is 0. The van der Waals surface area contributed by atoms with Crippen LogP contribution < -0.4 is 5.32 Å². The highest BCUT2D eigenvalue weighted by atomic mass is 19.4. The van der Waals surface area contributed by atoms with Gasteiger partial charge in [0.1, 0.15) is 0 Å². The highest BCUT2D eigenvalue weighted by molar-refractivity contribution is 5.89. The Kier molecular flexibility index (Phi) is 4.40. The van der Waals surface area contributed by atoms with Gasteiger partial charge in [-0.15, -0.1) is 0 Å². The number of piperidine rings is 1. The summed E-state index contributed by atoms with van der Waals surface area (Å²) in [6.45, 7) is 10.3. The van der Waals surface area contributed by atoms with Crippen molar-refractivity contribution in [3.05, 3.63) is 0 Å². The van der Waals surface area contributed by atoms with Gasteiger partial charge in [-0.2, -0.15) is 13.2 Å². The smallest absolute Gasteiger partial charge is 0.304 e. The van der Waals surface area contributed by atoms with Gasteiger partial charge in [-0.05, 0) is 18.8 Å². The first-order valence-corrected chi connectivity index (χ1v) is 6.74. The molecule has 5 atom stereocenters. The van der Waals surface area contributed by atoms with E-state index in [0.717, 1.165) is 0 Å². The lowest BCUT2D eigenvalue weighted by Crippen LogP contribution is -2.62. The van der Waals surface area contributed by atoms with Crippen molar-refractivity contribution >= 4 is 5.78 Å². The second kappa shape index (κ2) is 5.08. The zero-order valence-electron chi connectivity index (χ0n) is 12.4. The first-order valence-electron chi connectivity index (χ1n) is 6.74. The fraction of sp³-hybridized carbons (Fsp3) is 0.929. The Morgan fingerprint density at radius 1 is 1.00 bits per heavy atom. The van der Waals surface area contributed by atoms with Gasteiger partial charge in [-0.3, -0.25) is 4.79 Å². The quantitative estimate of drug-likeness (QED) is 0.797. The van der Waals surface area contributed by atoms with Crippen LogP contribution in [0, 0.1) is 23.2 Å². The Hall–Kier alpha value is -0.580. The van der Waals surface area contributed by atoms with Crippen LogP contribution in [0.2, 0.25) is 0 Å². The molecule has 5 unspecified atom stereocenters. The normalized spacial score (nSPS) is 37.2. The zero-order chi connectivity index (χ0) is 15.2. The van der Waals surface area contributed by atoms with Gasteiger partial charge in [0.05, 0.1) is 12.0 Å². The molecule has 1 aliphatic rings. The number of halogens is 3. The third-order valence-corrected chi connectivity index (χ3v) is 4.30. The predicted octanol–water partition coefficient (Wildman–Crippen LogP) is 3.41. The maximum atomic E-state index is 13.1. The first kappa shape index (κ1) is 16.5. The van der Waals surface area contributed by atoms with E-state index in [1.165, 1.54) is 6.92 Å². The minimum atomic E-state index is -4.23. The molecule has 1 fully saturated rings. The van der Waals surface area contributed by atoms with E-state index in [0.29, 0.717) is 0 Å². The van der Waals surface area contributed by atoms with Gasteiger partial charge >= 0.3 is 6.18 Å². The van der Waals surface area contributed by atoms with E-state index in [-0.39, 0.29) is 11.7 Å². The monoisotopic (exact) mass is 279 g/mol. The Bertz CT molecular complexity index is 346. The van der Waals surface area contributed by atoms with E-state index in [2.05, 4.69) is 5.32 Å². The van der Waals surface area contributed by atoms with E-state index in [1.54, 1.807) is 34.6 Å². The van der Waals surface area contributed by atoms with Gasteiger partial charge in [0, 0.05) is 11.5 Å². The molecule has 0 aromatic carbocycles. The summed E-state index contributed by atoms with van der Waals surface area (Å²) in [6.07, 6.45) is -4.23. The fourth-order valence-electron chi connectivity index (χ4n) is 2.99. The topological polar surface area (TPSA) is 29.1 Å². The van der Waals surface area contributed by atoms with Crippen LogP contribution in [0.25, 0.3) is 0 Å². The Morgan fingerprint density at radius 2 is 1.47 bits per heavy atom. The number of hydrogen-bond donors (Lipinski definition) is 1. The lowest BCUT2D eigenvalue weighted by atomic mass is 9.69. The standard InChI is InChI=1S/C14H24F3NO/c1-7-8(2)11(12(19)13(4,5)6)18-9(3)10(7)14(15,16)17/h7-11,18H,1-6H3. The van der Waals surface area contributed by atoms with Crippen LogP contribution in [-0.2, 0) is 4.79 Å². The van der Waals surface area contributed by atoms with Gasteiger partial charge in [0.25, 0.3) is 0 Å². The van der Waals surface area contributed by atoms with Crippen LogP contribution in [0.1, 0.15) is 41.5 Å². The van der Waals surface area contributed by atoms with Crippen molar-refractivity contribution in [2.45, 2.75) is 59.8 Å². The number of Topliss-reactive ketones (excluding diaryl/α,β-unsaturated/α-hetero) is 1. The van der Waals surface area contributed by atoms with E-state index in [1.807, 2.05) is 0 Å². The number of carbonyl (C=O) groups excluding carboxylic acids is 1. The lowest BCUT2D eigenvalue weighted by Gasteiger charge is -2.46. The highest BCUT2D eigenvalue weighted by Gasteiger charge is 2.53. The van der Waals surface area contributed by atoms with E-state index in [4.69, 9.17) is 0 Å². The maximum absolute atomic E-state index is 13.1. The molecule has 1 aliphatic heterocycles. The second-order valence-electron chi connectivity index (χ2n) is 6.83. The van der Waals surface area contributed by atoms with Crippen molar-refractivity contribution in [2.24, 2.45) is 23.2 Å². The molecule has 1 saturated heterocycles. The molecule has 0 amide bonds. The van der Waals surface area contributed by atoms with Crippen LogP contribution in [0.4, 0.5) is 13.2 Å². The number of rotatable bonds is 1. The fourth-order valence-corrected chi connectivity index (χ4v) is 2.99. The van der Waals surface area contributed by atoms with Crippen molar-refractivity contribution in [1.82, 2.24) is 5.32 Å². The predicted molar refractivity (Wildman–Crippen MR) is 68.7 cm³/mol. The molecule has 0 spiro atoms. The molecule has 2 nitrogen and oxygen atoms in total. The number of nitrogens with one attached hydrogen (secondary N) is 1. The SMILES string of the molecule is CC1NC(C(=O)C(C)(C)C)C(C)C(C)C1C(F)(F)F. The molecule has 0 bridgehead atoms. The molecule has 19 heavy (non-hydrogen) atoms. The van der Waals surface area contributed by atoms with Crippen LogP contribution >= 0.6 is 0 Å². The minimum Gasteiger partial charge on any atom is -0.304 e. The number of carbonyl (C=O) groups is 1. The summed E-state index contributed by atoms with van der Waals surface area (Å²) < 4.78 is 39.2. The van der Waals surface area contributed by atoms with Crippen molar-refractivity contribution in [3.8, 4) is 0 Å². The van der Waals surface area contributed by atoms with Crippen molar-refractivity contribution in [3.63, 3.8) is 0 Å². The molecule has 1 N–H and O–H groups in total. The Labute approximate surface area is 113 Å². The molecule has 5 heteroatoms. The molecule has 0 radical (unpaired) electrons. The largest absolute Gasteiger partial charge is 0.393 e. The lowest BCUT2D eigenvalue weighted by molar-refractivity contribution is -0.209. The molecule has 1 heterocycles. The van der Waals surface area contributed by atoms with E-state index in [9.17, 15) is 18.0 Å². The van der Waals surface area contributed by atoms with Gasteiger partial charge in [-0.1, -0.05) is 34.6 Å². The summed E-state index contributed by atoms with van der Waals surface area (Å²) in [5.41, 5.74) is -0.545. The van der Waals surface area contributed by atoms with Crippen LogP contribution in [0.5, 0.6) is 0 Å². The molecule has 0 aromatic heterocycles. The molecular formula is C14H24F3NO. The van der Waals surface area contributed by atoms with Crippen molar-refractivity contribution in [1.29, 1.82) is 0 Å². The second-order valence-corrected chi connectivity index (χ2v) is 6.83. The Balaban J connectivity index is 2.99. The molecule has 1 rings (SSSR count). The first-order chi connectivity index (χ1) is 8.37. The summed E-state index contributed by atoms with van der Waals surface area (Å²) in [7, 11) is 0.